The van der Waals surface area contributed by atoms with Crippen molar-refractivity contribution < 1.29 is 4.79 Å². The normalized spacial score (nSPS) is 10.6. The van der Waals surface area contributed by atoms with Gasteiger partial charge in [0.05, 0.1) is 10.6 Å². The third-order valence-corrected chi connectivity index (χ3v) is 4.50. The van der Waals surface area contributed by atoms with Crippen LogP contribution in [-0.4, -0.2) is 5.91 Å². The van der Waals surface area contributed by atoms with E-state index in [0.29, 0.717) is 9.90 Å². The number of hydrogen-bond donors (Lipinski definition) is 2. The lowest BCUT2D eigenvalue weighted by Crippen LogP contribution is -2.28. The Morgan fingerprint density at radius 2 is 1.95 bits per heavy atom. The van der Waals surface area contributed by atoms with Gasteiger partial charge in [-0.1, -0.05) is 29.8 Å². The van der Waals surface area contributed by atoms with E-state index in [0.717, 1.165) is 21.3 Å². The Labute approximate surface area is 131 Å². The number of halogens is 1. The minimum atomic E-state index is -0.148. The molecule has 106 valence electrons. The topological polar surface area (TPSA) is 41.1 Å². The molecule has 0 saturated carbocycles. The molecule has 2 N–H and O–H groups in total. The van der Waals surface area contributed by atoms with Crippen LogP contribution in [0.2, 0.25) is 5.02 Å². The van der Waals surface area contributed by atoms with Gasteiger partial charge in [0.15, 0.2) is 0 Å². The molecular weight excluding hydrogens is 304 g/mol. The number of thiophene rings is 1. The van der Waals surface area contributed by atoms with E-state index in [4.69, 9.17) is 11.6 Å². The summed E-state index contributed by atoms with van der Waals surface area (Å²) in [6.45, 7) is 1.93. The number of carbonyl (C=O) groups excluding carboxylic acids is 1. The fraction of sp³-hybridized carbons (Fsp3) is 0.0625. The monoisotopic (exact) mass is 316 g/mol. The summed E-state index contributed by atoms with van der Waals surface area (Å²) in [6, 6.07) is 15.3. The molecule has 3 rings (SSSR count). The maximum absolute atomic E-state index is 12.2. The predicted molar refractivity (Wildman–Crippen MR) is 89.1 cm³/mol. The van der Waals surface area contributed by atoms with Crippen LogP contribution in [0.4, 0.5) is 5.69 Å². The number of aryl methyl sites for hydroxylation is 1. The highest BCUT2D eigenvalue weighted by Crippen LogP contribution is 2.25. The quantitative estimate of drug-likeness (QED) is 0.692. The first-order valence-electron chi connectivity index (χ1n) is 6.44. The van der Waals surface area contributed by atoms with Crippen LogP contribution in [0.5, 0.6) is 0 Å². The van der Waals surface area contributed by atoms with Crippen molar-refractivity contribution >= 4 is 44.6 Å². The Morgan fingerprint density at radius 1 is 1.14 bits per heavy atom. The van der Waals surface area contributed by atoms with Gasteiger partial charge in [-0.3, -0.25) is 15.6 Å². The van der Waals surface area contributed by atoms with Gasteiger partial charge in [0.1, 0.15) is 0 Å². The van der Waals surface area contributed by atoms with E-state index in [1.165, 1.54) is 11.3 Å². The highest BCUT2D eigenvalue weighted by atomic mass is 35.5. The molecule has 0 aliphatic heterocycles. The van der Waals surface area contributed by atoms with Crippen molar-refractivity contribution in [2.24, 2.45) is 0 Å². The SMILES string of the molecule is Cc1cc(Cl)ccc1NNC(=O)c1cc2ccccc2s1. The van der Waals surface area contributed by atoms with Crippen molar-refractivity contribution in [3.05, 3.63) is 64.0 Å². The Bertz CT molecular complexity index is 780. The summed E-state index contributed by atoms with van der Waals surface area (Å²) in [5, 5.41) is 1.75. The third-order valence-electron chi connectivity index (χ3n) is 3.15. The van der Waals surface area contributed by atoms with Gasteiger partial charge in [0.2, 0.25) is 0 Å². The van der Waals surface area contributed by atoms with Crippen molar-refractivity contribution in [1.82, 2.24) is 5.43 Å². The first-order chi connectivity index (χ1) is 10.1. The largest absolute Gasteiger partial charge is 0.298 e. The number of hydrazine groups is 1. The summed E-state index contributed by atoms with van der Waals surface area (Å²) in [4.78, 5) is 12.9. The number of nitrogens with one attached hydrogen (secondary N) is 2. The van der Waals surface area contributed by atoms with Crippen molar-refractivity contribution in [1.29, 1.82) is 0 Å². The molecule has 0 unspecified atom stereocenters. The van der Waals surface area contributed by atoms with Crippen LogP contribution in [0.25, 0.3) is 10.1 Å². The van der Waals surface area contributed by atoms with Gasteiger partial charge in [0.25, 0.3) is 5.91 Å². The highest BCUT2D eigenvalue weighted by molar-refractivity contribution is 7.20. The van der Waals surface area contributed by atoms with Crippen LogP contribution in [0.15, 0.2) is 48.5 Å². The van der Waals surface area contributed by atoms with Gasteiger partial charge in [-0.15, -0.1) is 11.3 Å². The van der Waals surface area contributed by atoms with Crippen molar-refractivity contribution in [2.45, 2.75) is 6.92 Å². The summed E-state index contributed by atoms with van der Waals surface area (Å²) in [7, 11) is 0. The molecule has 5 heteroatoms. The number of rotatable bonds is 3. The molecule has 0 radical (unpaired) electrons. The van der Waals surface area contributed by atoms with Crippen molar-refractivity contribution in [2.75, 3.05) is 5.43 Å². The molecule has 3 aromatic rings. The van der Waals surface area contributed by atoms with E-state index in [-0.39, 0.29) is 5.91 Å². The minimum absolute atomic E-state index is 0.148. The van der Waals surface area contributed by atoms with E-state index >= 15 is 0 Å². The zero-order valence-corrected chi connectivity index (χ0v) is 12.9. The average molecular weight is 317 g/mol. The molecule has 2 aromatic carbocycles. The smallest absolute Gasteiger partial charge is 0.279 e. The molecule has 21 heavy (non-hydrogen) atoms. The van der Waals surface area contributed by atoms with Crippen LogP contribution in [-0.2, 0) is 0 Å². The van der Waals surface area contributed by atoms with Crippen LogP contribution >= 0.6 is 22.9 Å². The van der Waals surface area contributed by atoms with Gasteiger partial charge in [-0.25, -0.2) is 0 Å². The average Bonchev–Trinajstić information content (AvgIpc) is 2.90. The molecule has 0 spiro atoms. The molecule has 3 nitrogen and oxygen atoms in total. The van der Waals surface area contributed by atoms with Gasteiger partial charge in [0, 0.05) is 9.72 Å². The molecule has 0 fully saturated rings. The number of fused-ring (bicyclic) bond motifs is 1. The fourth-order valence-corrected chi connectivity index (χ4v) is 3.23. The zero-order valence-electron chi connectivity index (χ0n) is 11.3. The summed E-state index contributed by atoms with van der Waals surface area (Å²) in [5.74, 6) is -0.148. The first-order valence-corrected chi connectivity index (χ1v) is 7.64. The summed E-state index contributed by atoms with van der Waals surface area (Å²) < 4.78 is 1.10. The molecule has 0 atom stereocenters. The zero-order chi connectivity index (χ0) is 14.8. The van der Waals surface area contributed by atoms with Crippen molar-refractivity contribution in [3.8, 4) is 0 Å². The predicted octanol–water partition coefficient (Wildman–Crippen LogP) is 4.62. The van der Waals surface area contributed by atoms with Gasteiger partial charge in [-0.2, -0.15) is 0 Å². The molecular formula is C16H13ClN2OS. The first kappa shape index (κ1) is 13.9. The number of hydrogen-bond acceptors (Lipinski definition) is 3. The maximum atomic E-state index is 12.2. The Morgan fingerprint density at radius 3 is 2.71 bits per heavy atom. The molecule has 1 heterocycles. The standard InChI is InChI=1S/C16H13ClN2OS/c1-10-8-12(17)6-7-13(10)18-19-16(20)15-9-11-4-2-3-5-14(11)21-15/h2-9,18H,1H3,(H,19,20). The van der Waals surface area contributed by atoms with Gasteiger partial charge < -0.3 is 0 Å². The molecule has 0 bridgehead atoms. The number of carbonyl (C=O) groups is 1. The molecule has 1 amide bonds. The van der Waals surface area contributed by atoms with E-state index in [1.54, 1.807) is 6.07 Å². The van der Waals surface area contributed by atoms with E-state index in [1.807, 2.05) is 49.4 Å². The van der Waals surface area contributed by atoms with Crippen LogP contribution < -0.4 is 10.9 Å². The maximum Gasteiger partial charge on any atom is 0.279 e. The Kier molecular flexibility index (Phi) is 3.82. The number of benzene rings is 2. The fourth-order valence-electron chi connectivity index (χ4n) is 2.05. The Balaban J connectivity index is 1.74. The molecule has 1 aromatic heterocycles. The van der Waals surface area contributed by atoms with Crippen LogP contribution in [0.1, 0.15) is 15.2 Å². The summed E-state index contributed by atoms with van der Waals surface area (Å²) in [5.41, 5.74) is 7.45. The van der Waals surface area contributed by atoms with E-state index in [2.05, 4.69) is 10.9 Å². The van der Waals surface area contributed by atoms with E-state index in [9.17, 15) is 4.79 Å². The lowest BCUT2D eigenvalue weighted by atomic mass is 10.2. The highest BCUT2D eigenvalue weighted by Gasteiger charge is 2.10. The second-order valence-corrected chi connectivity index (χ2v) is 6.21. The summed E-state index contributed by atoms with van der Waals surface area (Å²) in [6.07, 6.45) is 0. The number of anilines is 1. The molecule has 0 aliphatic rings. The Hall–Kier alpha value is -2.04. The summed E-state index contributed by atoms with van der Waals surface area (Å²) >= 11 is 7.38. The lowest BCUT2D eigenvalue weighted by Gasteiger charge is -2.10. The lowest BCUT2D eigenvalue weighted by molar-refractivity contribution is 0.0966. The van der Waals surface area contributed by atoms with Crippen LogP contribution in [0, 0.1) is 6.92 Å². The van der Waals surface area contributed by atoms with Crippen LogP contribution in [0.3, 0.4) is 0 Å². The second-order valence-electron chi connectivity index (χ2n) is 4.69. The third kappa shape index (κ3) is 3.01. The molecule has 0 aliphatic carbocycles. The number of amides is 1. The second kappa shape index (κ2) is 5.76. The van der Waals surface area contributed by atoms with Gasteiger partial charge >= 0.3 is 0 Å². The van der Waals surface area contributed by atoms with Crippen molar-refractivity contribution in [3.63, 3.8) is 0 Å². The van der Waals surface area contributed by atoms with Gasteiger partial charge in [-0.05, 0) is 48.2 Å². The minimum Gasteiger partial charge on any atom is -0.298 e. The molecule has 0 saturated heterocycles. The van der Waals surface area contributed by atoms with E-state index < -0.39 is 0 Å².